The normalized spacial score (nSPS) is 10.3. The third kappa shape index (κ3) is 1.60. The summed E-state index contributed by atoms with van der Waals surface area (Å²) in [7, 11) is 0. The highest BCUT2D eigenvalue weighted by atomic mass is 16.3. The highest BCUT2D eigenvalue weighted by molar-refractivity contribution is 5.94. The van der Waals surface area contributed by atoms with Gasteiger partial charge in [0, 0.05) is 16.5 Å². The molecule has 17 heavy (non-hydrogen) atoms. The zero-order chi connectivity index (χ0) is 11.7. The molecule has 0 aliphatic rings. The van der Waals surface area contributed by atoms with E-state index in [1.165, 1.54) is 0 Å². The van der Waals surface area contributed by atoms with Gasteiger partial charge in [-0.25, -0.2) is 0 Å². The van der Waals surface area contributed by atoms with Gasteiger partial charge in [-0.2, -0.15) is 0 Å². The SMILES string of the molecule is C#Cc1cccc(-c2coc3ccccc23)c1. The molecule has 3 aromatic rings. The standard InChI is InChI=1S/C16H10O/c1-2-12-6-5-7-13(10-12)15-11-17-16-9-4-3-8-14(15)16/h1,3-11H. The fraction of sp³-hybridized carbons (Fsp3) is 0. The molecule has 0 aliphatic carbocycles. The summed E-state index contributed by atoms with van der Waals surface area (Å²) in [5, 5.41) is 1.11. The zero-order valence-electron chi connectivity index (χ0n) is 9.18. The predicted molar refractivity (Wildman–Crippen MR) is 69.6 cm³/mol. The number of furan rings is 1. The first-order chi connectivity index (χ1) is 8.38. The van der Waals surface area contributed by atoms with Crippen LogP contribution in [0, 0.1) is 12.3 Å². The monoisotopic (exact) mass is 218 g/mol. The Hall–Kier alpha value is -2.46. The van der Waals surface area contributed by atoms with Gasteiger partial charge in [-0.15, -0.1) is 6.42 Å². The van der Waals surface area contributed by atoms with E-state index >= 15 is 0 Å². The first-order valence-electron chi connectivity index (χ1n) is 5.42. The van der Waals surface area contributed by atoms with Gasteiger partial charge in [-0.05, 0) is 23.8 Å². The Labute approximate surface area is 99.7 Å². The number of para-hydroxylation sites is 1. The van der Waals surface area contributed by atoms with Crippen molar-refractivity contribution in [2.45, 2.75) is 0 Å². The van der Waals surface area contributed by atoms with E-state index in [2.05, 4.69) is 12.0 Å². The van der Waals surface area contributed by atoms with Gasteiger partial charge in [-0.1, -0.05) is 36.3 Å². The Balaban J connectivity index is 2.24. The fourth-order valence-corrected chi connectivity index (χ4v) is 1.98. The minimum Gasteiger partial charge on any atom is -0.464 e. The minimum absolute atomic E-state index is 0.882. The van der Waals surface area contributed by atoms with Crippen molar-refractivity contribution < 1.29 is 4.42 Å². The van der Waals surface area contributed by atoms with Gasteiger partial charge >= 0.3 is 0 Å². The van der Waals surface area contributed by atoms with Gasteiger partial charge < -0.3 is 4.42 Å². The number of terminal acetylenes is 1. The van der Waals surface area contributed by atoms with Crippen LogP contribution in [-0.2, 0) is 0 Å². The molecule has 1 heteroatoms. The van der Waals surface area contributed by atoms with Crippen LogP contribution in [0.2, 0.25) is 0 Å². The van der Waals surface area contributed by atoms with Crippen LogP contribution < -0.4 is 0 Å². The average molecular weight is 218 g/mol. The second kappa shape index (κ2) is 3.84. The maximum Gasteiger partial charge on any atom is 0.134 e. The lowest BCUT2D eigenvalue weighted by molar-refractivity contribution is 0.617. The van der Waals surface area contributed by atoms with Gasteiger partial charge in [-0.3, -0.25) is 0 Å². The van der Waals surface area contributed by atoms with Crippen LogP contribution >= 0.6 is 0 Å². The van der Waals surface area contributed by atoms with E-state index in [-0.39, 0.29) is 0 Å². The Morgan fingerprint density at radius 3 is 2.76 bits per heavy atom. The molecule has 0 atom stereocenters. The molecular formula is C16H10O. The van der Waals surface area contributed by atoms with Crippen molar-refractivity contribution in [2.75, 3.05) is 0 Å². The van der Waals surface area contributed by atoms with E-state index in [1.54, 1.807) is 6.26 Å². The molecule has 0 amide bonds. The highest BCUT2D eigenvalue weighted by Gasteiger charge is 2.07. The zero-order valence-corrected chi connectivity index (χ0v) is 9.18. The van der Waals surface area contributed by atoms with E-state index in [0.717, 1.165) is 27.7 Å². The molecule has 0 bridgehead atoms. The molecule has 0 saturated carbocycles. The molecule has 0 aliphatic heterocycles. The third-order valence-electron chi connectivity index (χ3n) is 2.82. The first-order valence-corrected chi connectivity index (χ1v) is 5.42. The lowest BCUT2D eigenvalue weighted by Crippen LogP contribution is -1.78. The summed E-state index contributed by atoms with van der Waals surface area (Å²) in [5.41, 5.74) is 3.95. The summed E-state index contributed by atoms with van der Waals surface area (Å²) in [5.74, 6) is 2.65. The second-order valence-corrected chi connectivity index (χ2v) is 3.87. The van der Waals surface area contributed by atoms with E-state index in [0.29, 0.717) is 0 Å². The maximum absolute atomic E-state index is 5.53. The van der Waals surface area contributed by atoms with Gasteiger partial charge in [0.2, 0.25) is 0 Å². The summed E-state index contributed by atoms with van der Waals surface area (Å²) < 4.78 is 5.53. The molecule has 80 valence electrons. The Morgan fingerprint density at radius 2 is 1.88 bits per heavy atom. The van der Waals surface area contributed by atoms with E-state index in [4.69, 9.17) is 10.8 Å². The summed E-state index contributed by atoms with van der Waals surface area (Å²) in [4.78, 5) is 0. The number of hydrogen-bond donors (Lipinski definition) is 0. The molecule has 0 spiro atoms. The van der Waals surface area contributed by atoms with Crippen LogP contribution in [0.25, 0.3) is 22.1 Å². The number of rotatable bonds is 1. The Kier molecular flexibility index (Phi) is 2.20. The molecule has 0 unspecified atom stereocenters. The van der Waals surface area contributed by atoms with E-state index in [1.807, 2.05) is 42.5 Å². The largest absolute Gasteiger partial charge is 0.464 e. The molecule has 1 heterocycles. The fourth-order valence-electron chi connectivity index (χ4n) is 1.98. The summed E-state index contributed by atoms with van der Waals surface area (Å²) in [6.07, 6.45) is 7.19. The van der Waals surface area contributed by atoms with Gasteiger partial charge in [0.05, 0.1) is 6.26 Å². The lowest BCUT2D eigenvalue weighted by atomic mass is 10.0. The van der Waals surface area contributed by atoms with Crippen molar-refractivity contribution in [3.05, 3.63) is 60.4 Å². The summed E-state index contributed by atoms with van der Waals surface area (Å²) >= 11 is 0. The van der Waals surface area contributed by atoms with Crippen molar-refractivity contribution in [1.29, 1.82) is 0 Å². The van der Waals surface area contributed by atoms with Crippen molar-refractivity contribution in [3.8, 4) is 23.5 Å². The van der Waals surface area contributed by atoms with Crippen LogP contribution in [0.1, 0.15) is 5.56 Å². The molecular weight excluding hydrogens is 208 g/mol. The predicted octanol–water partition coefficient (Wildman–Crippen LogP) is 4.08. The molecule has 1 aromatic heterocycles. The highest BCUT2D eigenvalue weighted by Crippen LogP contribution is 2.30. The van der Waals surface area contributed by atoms with Crippen LogP contribution in [0.3, 0.4) is 0 Å². The van der Waals surface area contributed by atoms with E-state index < -0.39 is 0 Å². The quantitative estimate of drug-likeness (QED) is 0.561. The molecule has 0 N–H and O–H groups in total. The second-order valence-electron chi connectivity index (χ2n) is 3.87. The number of fused-ring (bicyclic) bond motifs is 1. The molecule has 0 saturated heterocycles. The average Bonchev–Trinajstić information content (AvgIpc) is 2.82. The van der Waals surface area contributed by atoms with Crippen LogP contribution in [0.5, 0.6) is 0 Å². The molecule has 3 rings (SSSR count). The number of hydrogen-bond acceptors (Lipinski definition) is 1. The Morgan fingerprint density at radius 1 is 1.00 bits per heavy atom. The van der Waals surface area contributed by atoms with Crippen molar-refractivity contribution in [3.63, 3.8) is 0 Å². The van der Waals surface area contributed by atoms with Gasteiger partial charge in [0.25, 0.3) is 0 Å². The van der Waals surface area contributed by atoms with Crippen LogP contribution in [0.4, 0.5) is 0 Å². The van der Waals surface area contributed by atoms with Crippen molar-refractivity contribution >= 4 is 11.0 Å². The molecule has 2 aromatic carbocycles. The smallest absolute Gasteiger partial charge is 0.134 e. The maximum atomic E-state index is 5.53. The molecule has 1 nitrogen and oxygen atoms in total. The number of benzene rings is 2. The van der Waals surface area contributed by atoms with E-state index in [9.17, 15) is 0 Å². The third-order valence-corrected chi connectivity index (χ3v) is 2.82. The minimum atomic E-state index is 0.882. The van der Waals surface area contributed by atoms with Gasteiger partial charge in [0.15, 0.2) is 0 Å². The van der Waals surface area contributed by atoms with Crippen LogP contribution in [-0.4, -0.2) is 0 Å². The molecule has 0 radical (unpaired) electrons. The summed E-state index contributed by atoms with van der Waals surface area (Å²) in [6.45, 7) is 0. The lowest BCUT2D eigenvalue weighted by Gasteiger charge is -1.99. The van der Waals surface area contributed by atoms with Crippen molar-refractivity contribution in [2.24, 2.45) is 0 Å². The summed E-state index contributed by atoms with van der Waals surface area (Å²) in [6, 6.07) is 15.9. The topological polar surface area (TPSA) is 13.1 Å². The van der Waals surface area contributed by atoms with Gasteiger partial charge in [0.1, 0.15) is 5.58 Å². The first kappa shape index (κ1) is 9.74. The molecule has 0 fully saturated rings. The Bertz CT molecular complexity index is 713. The van der Waals surface area contributed by atoms with Crippen molar-refractivity contribution in [1.82, 2.24) is 0 Å². The van der Waals surface area contributed by atoms with Crippen LogP contribution in [0.15, 0.2) is 59.2 Å².